The molecule has 0 aliphatic carbocycles. The van der Waals surface area contributed by atoms with Gasteiger partial charge in [0.15, 0.2) is 0 Å². The fraction of sp³-hybridized carbons (Fsp3) is 0.500. The maximum absolute atomic E-state index is 12.6. The van der Waals surface area contributed by atoms with E-state index >= 15 is 0 Å². The molecule has 7 heteroatoms. The number of halogens is 1. The van der Waals surface area contributed by atoms with Crippen LogP contribution in [0, 0.1) is 0 Å². The summed E-state index contributed by atoms with van der Waals surface area (Å²) < 4.78 is 32.4. The highest BCUT2D eigenvalue weighted by atomic mass is 35.5. The largest absolute Gasteiger partial charge is 0.447 e. The minimum atomic E-state index is -3.52. The normalized spacial score (nSPS) is 16.1. The van der Waals surface area contributed by atoms with Crippen molar-refractivity contribution in [2.45, 2.75) is 56.7 Å². The number of rotatable bonds is 8. The van der Waals surface area contributed by atoms with Crippen LogP contribution in [0.3, 0.4) is 0 Å². The van der Waals surface area contributed by atoms with Crippen molar-refractivity contribution in [3.8, 4) is 0 Å². The van der Waals surface area contributed by atoms with E-state index in [0.717, 1.165) is 31.2 Å². The number of benzene rings is 1. The summed E-state index contributed by atoms with van der Waals surface area (Å²) >= 11 is 6.02. The lowest BCUT2D eigenvalue weighted by Crippen LogP contribution is -2.40. The molecular formula is C20H27ClN2O3S. The lowest BCUT2D eigenvalue weighted by molar-refractivity contribution is 0.285. The molecule has 2 heterocycles. The molecule has 27 heavy (non-hydrogen) atoms. The molecule has 1 aliphatic rings. The monoisotopic (exact) mass is 410 g/mol. The molecule has 3 rings (SSSR count). The van der Waals surface area contributed by atoms with Gasteiger partial charge in [0, 0.05) is 23.7 Å². The van der Waals surface area contributed by atoms with E-state index in [9.17, 15) is 8.42 Å². The van der Waals surface area contributed by atoms with E-state index in [1.807, 2.05) is 24.3 Å². The molecule has 2 aromatic rings. The van der Waals surface area contributed by atoms with Crippen LogP contribution in [0.4, 0.5) is 0 Å². The van der Waals surface area contributed by atoms with Gasteiger partial charge in [0.25, 0.3) is 10.0 Å². The van der Waals surface area contributed by atoms with Gasteiger partial charge in [-0.1, -0.05) is 37.6 Å². The summed E-state index contributed by atoms with van der Waals surface area (Å²) in [5.74, 6) is 0.619. The average Bonchev–Trinajstić information content (AvgIpc) is 3.37. The van der Waals surface area contributed by atoms with Crippen molar-refractivity contribution >= 4 is 21.6 Å². The molecule has 0 bridgehead atoms. The maximum Gasteiger partial charge on any atom is 0.276 e. The Morgan fingerprint density at radius 2 is 1.70 bits per heavy atom. The van der Waals surface area contributed by atoms with Crippen molar-refractivity contribution in [2.24, 2.45) is 0 Å². The molecule has 1 N–H and O–H groups in total. The Labute approximate surface area is 166 Å². The average molecular weight is 411 g/mol. The maximum atomic E-state index is 12.6. The molecule has 1 aliphatic heterocycles. The second-order valence-electron chi connectivity index (χ2n) is 6.98. The molecule has 1 aromatic heterocycles. The Hall–Kier alpha value is -1.34. The molecule has 0 spiro atoms. The molecule has 0 saturated carbocycles. The van der Waals surface area contributed by atoms with Crippen LogP contribution in [0.25, 0.3) is 0 Å². The predicted octanol–water partition coefficient (Wildman–Crippen LogP) is 4.52. The van der Waals surface area contributed by atoms with Gasteiger partial charge in [0.2, 0.25) is 5.09 Å². The summed E-state index contributed by atoms with van der Waals surface area (Å²) in [4.78, 5) is 0. The first-order valence-electron chi connectivity index (χ1n) is 9.51. The summed E-state index contributed by atoms with van der Waals surface area (Å²) in [7, 11) is -3.52. The predicted molar refractivity (Wildman–Crippen MR) is 107 cm³/mol. The first-order chi connectivity index (χ1) is 12.9. The Balaban J connectivity index is 1.75. The van der Waals surface area contributed by atoms with Gasteiger partial charge in [-0.05, 0) is 55.5 Å². The summed E-state index contributed by atoms with van der Waals surface area (Å²) in [5.41, 5.74) is 0.944. The minimum absolute atomic E-state index is 0.0336. The van der Waals surface area contributed by atoms with E-state index in [-0.39, 0.29) is 10.6 Å². The van der Waals surface area contributed by atoms with Crippen molar-refractivity contribution in [2.75, 3.05) is 13.1 Å². The summed E-state index contributed by atoms with van der Waals surface area (Å²) in [5, 5.41) is 4.32. The quantitative estimate of drug-likeness (QED) is 0.694. The van der Waals surface area contributed by atoms with Crippen LogP contribution < -0.4 is 5.32 Å². The van der Waals surface area contributed by atoms with E-state index in [0.29, 0.717) is 30.4 Å². The number of furan rings is 1. The number of hydrogen-bond acceptors (Lipinski definition) is 4. The second kappa shape index (κ2) is 8.35. The van der Waals surface area contributed by atoms with Gasteiger partial charge in [0.05, 0.1) is 6.54 Å². The molecule has 0 radical (unpaired) electrons. The van der Waals surface area contributed by atoms with Crippen molar-refractivity contribution in [1.29, 1.82) is 0 Å². The minimum Gasteiger partial charge on any atom is -0.447 e. The topological polar surface area (TPSA) is 62.6 Å². The first kappa shape index (κ1) is 20.4. The van der Waals surface area contributed by atoms with Crippen LogP contribution in [0.15, 0.2) is 45.9 Å². The van der Waals surface area contributed by atoms with Crippen LogP contribution in [-0.2, 0) is 22.1 Å². The van der Waals surface area contributed by atoms with Crippen molar-refractivity contribution in [3.05, 3.63) is 52.7 Å². The highest BCUT2D eigenvalue weighted by molar-refractivity contribution is 7.89. The smallest absolute Gasteiger partial charge is 0.276 e. The van der Waals surface area contributed by atoms with Crippen LogP contribution in [-0.4, -0.2) is 25.8 Å². The van der Waals surface area contributed by atoms with E-state index in [4.69, 9.17) is 16.0 Å². The van der Waals surface area contributed by atoms with E-state index in [1.165, 1.54) is 4.31 Å². The fourth-order valence-electron chi connectivity index (χ4n) is 3.68. The molecular weight excluding hydrogens is 384 g/mol. The van der Waals surface area contributed by atoms with E-state index < -0.39 is 10.0 Å². The van der Waals surface area contributed by atoms with Gasteiger partial charge >= 0.3 is 0 Å². The van der Waals surface area contributed by atoms with E-state index in [2.05, 4.69) is 19.2 Å². The van der Waals surface area contributed by atoms with Crippen molar-refractivity contribution in [1.82, 2.24) is 9.62 Å². The van der Waals surface area contributed by atoms with Gasteiger partial charge in [-0.25, -0.2) is 8.42 Å². The van der Waals surface area contributed by atoms with Gasteiger partial charge in [0.1, 0.15) is 5.76 Å². The van der Waals surface area contributed by atoms with Crippen molar-refractivity contribution in [3.63, 3.8) is 0 Å². The zero-order valence-electron chi connectivity index (χ0n) is 15.9. The van der Waals surface area contributed by atoms with Gasteiger partial charge in [-0.3, -0.25) is 0 Å². The Morgan fingerprint density at radius 3 is 2.30 bits per heavy atom. The molecule has 1 saturated heterocycles. The number of nitrogens with zero attached hydrogens (tertiary/aromatic N) is 1. The van der Waals surface area contributed by atoms with Gasteiger partial charge in [-0.15, -0.1) is 0 Å². The highest BCUT2D eigenvalue weighted by Crippen LogP contribution is 2.31. The number of hydrogen-bond donors (Lipinski definition) is 1. The summed E-state index contributed by atoms with van der Waals surface area (Å²) in [6.07, 6.45) is 3.60. The zero-order valence-corrected chi connectivity index (χ0v) is 17.4. The van der Waals surface area contributed by atoms with Crippen molar-refractivity contribution < 1.29 is 12.8 Å². The Kier molecular flexibility index (Phi) is 6.31. The van der Waals surface area contributed by atoms with Gasteiger partial charge < -0.3 is 9.73 Å². The zero-order chi connectivity index (χ0) is 19.5. The van der Waals surface area contributed by atoms with Crippen LogP contribution in [0.2, 0.25) is 5.02 Å². The van der Waals surface area contributed by atoms with Crippen LogP contribution in [0.5, 0.6) is 0 Å². The molecule has 0 atom stereocenters. The van der Waals surface area contributed by atoms with Crippen LogP contribution >= 0.6 is 11.6 Å². The third-order valence-corrected chi connectivity index (χ3v) is 7.53. The Morgan fingerprint density at radius 1 is 1.07 bits per heavy atom. The molecule has 1 fully saturated rings. The molecule has 1 aromatic carbocycles. The number of sulfonamides is 1. The third kappa shape index (κ3) is 4.24. The number of nitrogens with one attached hydrogen (secondary N) is 1. The lowest BCUT2D eigenvalue weighted by Gasteiger charge is -2.33. The SMILES string of the molecule is CCC(CC)(NCc1ccc(S(=O)(=O)N2CCCC2)o1)c1ccc(Cl)cc1. The highest BCUT2D eigenvalue weighted by Gasteiger charge is 2.31. The summed E-state index contributed by atoms with van der Waals surface area (Å²) in [6.45, 7) is 5.87. The standard InChI is InChI=1S/C20H27ClN2O3S/c1-3-20(4-2,16-7-9-17(21)10-8-16)22-15-18-11-12-19(26-18)27(24,25)23-13-5-6-14-23/h7-12,22H,3-6,13-15H2,1-2H3. The molecule has 0 amide bonds. The fourth-order valence-corrected chi connectivity index (χ4v) is 5.25. The van der Waals surface area contributed by atoms with Crippen LogP contribution in [0.1, 0.15) is 50.9 Å². The first-order valence-corrected chi connectivity index (χ1v) is 11.3. The molecule has 0 unspecified atom stereocenters. The molecule has 5 nitrogen and oxygen atoms in total. The second-order valence-corrected chi connectivity index (χ2v) is 9.29. The third-order valence-electron chi connectivity index (χ3n) is 5.50. The van der Waals surface area contributed by atoms with Gasteiger partial charge in [-0.2, -0.15) is 4.31 Å². The Bertz CT molecular complexity index is 852. The summed E-state index contributed by atoms with van der Waals surface area (Å²) in [6, 6.07) is 11.2. The van der Waals surface area contributed by atoms with E-state index in [1.54, 1.807) is 12.1 Å². The lowest BCUT2D eigenvalue weighted by atomic mass is 9.84. The molecule has 148 valence electrons.